The third kappa shape index (κ3) is 6.47. The van der Waals surface area contributed by atoms with Gasteiger partial charge in [0, 0.05) is 35.0 Å². The molecule has 2 N–H and O–H groups in total. The maximum Gasteiger partial charge on any atom is 0.512 e. The van der Waals surface area contributed by atoms with Crippen LogP contribution in [-0.2, 0) is 6.42 Å². The molecule has 7 nitrogen and oxygen atoms in total. The molecule has 7 heteroatoms. The Morgan fingerprint density at radius 1 is 0.977 bits per heavy atom. The third-order valence-electron chi connectivity index (χ3n) is 8.24. The molecule has 44 heavy (non-hydrogen) atoms. The Morgan fingerprint density at radius 2 is 1.77 bits per heavy atom. The van der Waals surface area contributed by atoms with E-state index in [0.717, 1.165) is 70.0 Å². The molecule has 5 aromatic rings. The minimum absolute atomic E-state index is 0.0720. The summed E-state index contributed by atoms with van der Waals surface area (Å²) in [7, 11) is 0. The zero-order valence-corrected chi connectivity index (χ0v) is 24.8. The highest BCUT2D eigenvalue weighted by molar-refractivity contribution is 5.97. The molecular weight excluding hydrogens is 552 g/mol. The van der Waals surface area contributed by atoms with Crippen LogP contribution in [0.15, 0.2) is 84.9 Å². The lowest BCUT2D eigenvalue weighted by Gasteiger charge is -2.31. The Balaban J connectivity index is 1.20. The molecule has 1 amide bonds. The van der Waals surface area contributed by atoms with E-state index in [4.69, 9.17) is 9.47 Å². The molecule has 1 saturated heterocycles. The third-order valence-corrected chi connectivity index (χ3v) is 8.24. The molecule has 0 aliphatic carbocycles. The van der Waals surface area contributed by atoms with Crippen molar-refractivity contribution >= 4 is 45.9 Å². The lowest BCUT2D eigenvalue weighted by molar-refractivity contribution is 0.0683. The van der Waals surface area contributed by atoms with Crippen LogP contribution < -0.4 is 9.47 Å². The van der Waals surface area contributed by atoms with Crippen molar-refractivity contribution in [3.05, 3.63) is 107 Å². The van der Waals surface area contributed by atoms with Gasteiger partial charge in [-0.15, -0.1) is 0 Å². The number of piperidine rings is 1. The van der Waals surface area contributed by atoms with Crippen molar-refractivity contribution in [1.82, 2.24) is 9.88 Å². The molecule has 0 bridgehead atoms. The first kappa shape index (κ1) is 29.1. The summed E-state index contributed by atoms with van der Waals surface area (Å²) in [5.41, 5.74) is 4.07. The molecule has 1 unspecified atom stereocenters. The predicted molar refractivity (Wildman–Crippen MR) is 174 cm³/mol. The van der Waals surface area contributed by atoms with Gasteiger partial charge >= 0.3 is 6.16 Å². The summed E-state index contributed by atoms with van der Waals surface area (Å²) < 4.78 is 11.3. The van der Waals surface area contributed by atoms with Crippen molar-refractivity contribution in [1.29, 1.82) is 0 Å². The molecule has 0 spiro atoms. The smallest absolute Gasteiger partial charge is 0.493 e. The van der Waals surface area contributed by atoms with Crippen molar-refractivity contribution in [2.24, 2.45) is 5.92 Å². The number of amides is 1. The molecule has 6 rings (SSSR count). The molecule has 1 aliphatic heterocycles. The Kier molecular flexibility index (Phi) is 8.64. The summed E-state index contributed by atoms with van der Waals surface area (Å²) in [5, 5.41) is 12.5. The molecule has 1 aromatic heterocycles. The Bertz CT molecular complexity index is 1830. The number of carbonyl (C=O) groups excluding carboxylic acids is 1. The zero-order chi connectivity index (χ0) is 30.5. The van der Waals surface area contributed by atoms with E-state index in [1.165, 1.54) is 0 Å². The van der Waals surface area contributed by atoms with Crippen molar-refractivity contribution in [3.8, 4) is 11.6 Å². The van der Waals surface area contributed by atoms with Gasteiger partial charge in [-0.1, -0.05) is 85.8 Å². The second-order valence-electron chi connectivity index (χ2n) is 11.5. The fourth-order valence-electron chi connectivity index (χ4n) is 6.10. The fourth-order valence-corrected chi connectivity index (χ4v) is 6.10. The fraction of sp³-hybridized carbons (Fsp3) is 0.243. The van der Waals surface area contributed by atoms with Crippen LogP contribution in [0.5, 0.6) is 11.6 Å². The Hall–Kier alpha value is -5.04. The second-order valence-corrected chi connectivity index (χ2v) is 11.5. The number of aryl methyl sites for hydroxylation is 1. The van der Waals surface area contributed by atoms with Crippen molar-refractivity contribution in [3.63, 3.8) is 0 Å². The lowest BCUT2D eigenvalue weighted by Crippen LogP contribution is -2.39. The monoisotopic (exact) mass is 588 g/mol. The first-order valence-corrected chi connectivity index (χ1v) is 15.2. The van der Waals surface area contributed by atoms with Crippen LogP contribution in [0.3, 0.4) is 0 Å². The van der Waals surface area contributed by atoms with Crippen LogP contribution in [-0.4, -0.2) is 46.7 Å². The minimum Gasteiger partial charge on any atom is -0.493 e. The summed E-state index contributed by atoms with van der Waals surface area (Å²) >= 11 is 0. The van der Waals surface area contributed by atoms with E-state index < -0.39 is 6.16 Å². The molecule has 4 aromatic carbocycles. The Labute approximate surface area is 256 Å². The maximum absolute atomic E-state index is 13.1. The molecule has 0 radical (unpaired) electrons. The van der Waals surface area contributed by atoms with E-state index in [2.05, 4.69) is 24.0 Å². The number of nitrogens with zero attached hydrogens (tertiary/aromatic N) is 1. The Morgan fingerprint density at radius 3 is 2.64 bits per heavy atom. The topological polar surface area (TPSA) is 91.9 Å². The highest BCUT2D eigenvalue weighted by Gasteiger charge is 2.22. The van der Waals surface area contributed by atoms with Crippen LogP contribution in [0.1, 0.15) is 53.2 Å². The normalized spacial score (nSPS) is 15.2. The zero-order valence-electron chi connectivity index (χ0n) is 24.8. The van der Waals surface area contributed by atoms with Gasteiger partial charge in [0.05, 0.1) is 12.1 Å². The van der Waals surface area contributed by atoms with Crippen LogP contribution >= 0.6 is 0 Å². The summed E-state index contributed by atoms with van der Waals surface area (Å²) in [6, 6.07) is 27.7. The largest absolute Gasteiger partial charge is 0.512 e. The van der Waals surface area contributed by atoms with Gasteiger partial charge in [-0.2, -0.15) is 0 Å². The van der Waals surface area contributed by atoms with Gasteiger partial charge in [-0.05, 0) is 66.3 Å². The number of likely N-dealkylation sites (tertiary alicyclic amines) is 1. The summed E-state index contributed by atoms with van der Waals surface area (Å²) in [6.07, 6.45) is 6.02. The average Bonchev–Trinajstić information content (AvgIpc) is 3.38. The number of nitrogens with one attached hydrogen (secondary N) is 1. The van der Waals surface area contributed by atoms with E-state index in [-0.39, 0.29) is 11.8 Å². The second kappa shape index (κ2) is 13.1. The van der Waals surface area contributed by atoms with Gasteiger partial charge in [0.25, 0.3) is 5.91 Å². The van der Waals surface area contributed by atoms with E-state index >= 15 is 0 Å². The first-order chi connectivity index (χ1) is 21.5. The molecule has 2 heterocycles. The minimum atomic E-state index is -1.37. The van der Waals surface area contributed by atoms with E-state index in [0.29, 0.717) is 30.9 Å². The summed E-state index contributed by atoms with van der Waals surface area (Å²) in [4.78, 5) is 29.8. The maximum atomic E-state index is 13.1. The number of benzene rings is 4. The quantitative estimate of drug-likeness (QED) is 0.102. The number of carbonyl (C=O) groups is 2. The molecular formula is C37H36N2O5. The molecule has 0 saturated carbocycles. The van der Waals surface area contributed by atoms with E-state index in [1.807, 2.05) is 89.8 Å². The molecule has 1 atom stereocenters. The van der Waals surface area contributed by atoms with Gasteiger partial charge in [0.2, 0.25) is 5.88 Å². The number of hydrogen-bond acceptors (Lipinski definition) is 4. The number of carboxylic acid groups (broad SMARTS) is 1. The SMILES string of the molecule is CC1CCCN(C(=O)c2cccc(/C=C/c3cccc4c(CCCOc5cccc6ccccc56)c(OC(=O)O)[nH]c34)c2)C1. The highest BCUT2D eigenvalue weighted by Crippen LogP contribution is 2.33. The number of para-hydroxylation sites is 1. The van der Waals surface area contributed by atoms with Crippen LogP contribution in [0.2, 0.25) is 0 Å². The van der Waals surface area contributed by atoms with E-state index in [9.17, 15) is 14.7 Å². The van der Waals surface area contributed by atoms with Crippen molar-refractivity contribution in [2.45, 2.75) is 32.6 Å². The molecule has 1 aliphatic rings. The number of fused-ring (bicyclic) bond motifs is 2. The summed E-state index contributed by atoms with van der Waals surface area (Å²) in [6.45, 7) is 4.26. The van der Waals surface area contributed by atoms with Crippen molar-refractivity contribution in [2.75, 3.05) is 19.7 Å². The molecule has 224 valence electrons. The van der Waals surface area contributed by atoms with Gasteiger partial charge in [-0.3, -0.25) is 4.79 Å². The average molecular weight is 589 g/mol. The van der Waals surface area contributed by atoms with Crippen LogP contribution in [0.25, 0.3) is 33.8 Å². The van der Waals surface area contributed by atoms with Gasteiger partial charge in [-0.25, -0.2) is 4.79 Å². The molecule has 1 fully saturated rings. The number of ether oxygens (including phenoxy) is 2. The predicted octanol–water partition coefficient (Wildman–Crippen LogP) is 8.43. The highest BCUT2D eigenvalue weighted by atomic mass is 16.7. The van der Waals surface area contributed by atoms with Gasteiger partial charge < -0.3 is 24.5 Å². The number of H-pyrrole nitrogens is 1. The first-order valence-electron chi connectivity index (χ1n) is 15.2. The number of hydrogen-bond donors (Lipinski definition) is 2. The van der Waals surface area contributed by atoms with Gasteiger partial charge in [0.15, 0.2) is 0 Å². The van der Waals surface area contributed by atoms with E-state index in [1.54, 1.807) is 0 Å². The van der Waals surface area contributed by atoms with Crippen LogP contribution in [0.4, 0.5) is 4.79 Å². The standard InChI is InChI=1S/C37H36N2O5/c1-25-9-7-21-39(24-25)36(40)29-14-4-10-26(23-29)19-20-28-13-5-16-31-32(35(38-34(28)31)44-37(41)42)17-8-22-43-33-18-6-12-27-11-2-3-15-30(27)33/h2-6,10-16,18-20,23,25,38H,7-9,17,21-22,24H2,1H3,(H,41,42)/b20-19+. The number of rotatable bonds is 9. The van der Waals surface area contributed by atoms with Crippen LogP contribution in [0, 0.1) is 5.92 Å². The number of aromatic nitrogens is 1. The van der Waals surface area contributed by atoms with Crippen molar-refractivity contribution < 1.29 is 24.2 Å². The lowest BCUT2D eigenvalue weighted by atomic mass is 9.99. The summed E-state index contributed by atoms with van der Waals surface area (Å²) in [5.74, 6) is 1.64. The van der Waals surface area contributed by atoms with Gasteiger partial charge in [0.1, 0.15) is 5.75 Å². The number of aromatic amines is 1.